The Morgan fingerprint density at radius 2 is 1.68 bits per heavy atom. The van der Waals surface area contributed by atoms with Crippen LogP contribution in [0.4, 0.5) is 5.69 Å². The number of ether oxygens (including phenoxy) is 2. The van der Waals surface area contributed by atoms with Gasteiger partial charge < -0.3 is 14.8 Å². The summed E-state index contributed by atoms with van der Waals surface area (Å²) in [7, 11) is 6.60. The zero-order chi connectivity index (χ0) is 20.4. The third-order valence-corrected chi connectivity index (χ3v) is 5.67. The summed E-state index contributed by atoms with van der Waals surface area (Å²) in [5.41, 5.74) is 2.14. The fourth-order valence-electron chi connectivity index (χ4n) is 2.98. The van der Waals surface area contributed by atoms with E-state index in [2.05, 4.69) is 5.32 Å². The highest BCUT2D eigenvalue weighted by Gasteiger charge is 2.17. The minimum atomic E-state index is -0.326. The number of anilines is 1. The fourth-order valence-corrected chi connectivity index (χ4v) is 3.87. The third kappa shape index (κ3) is 3.73. The minimum Gasteiger partial charge on any atom is -0.493 e. The van der Waals surface area contributed by atoms with E-state index in [0.29, 0.717) is 17.2 Å². The Kier molecular flexibility index (Phi) is 5.69. The van der Waals surface area contributed by atoms with Gasteiger partial charge in [0.25, 0.3) is 0 Å². The number of amides is 1. The number of hydrogen-bond donors (Lipinski definition) is 1. The molecule has 0 bridgehead atoms. The van der Waals surface area contributed by atoms with Crippen LogP contribution < -0.4 is 20.5 Å². The maximum absolute atomic E-state index is 12.6. The Morgan fingerprint density at radius 1 is 1.00 bits per heavy atom. The minimum absolute atomic E-state index is 0.101. The number of hydrogen-bond acceptors (Lipinski definition) is 5. The summed E-state index contributed by atoms with van der Waals surface area (Å²) in [6.07, 6.45) is 0. The average molecular weight is 401 g/mol. The molecule has 0 saturated heterocycles. The summed E-state index contributed by atoms with van der Waals surface area (Å²) >= 11 is 1.43. The smallest absolute Gasteiger partial charge is 0.328 e. The Bertz CT molecular complexity index is 1090. The first-order valence-corrected chi connectivity index (χ1v) is 9.58. The summed E-state index contributed by atoms with van der Waals surface area (Å²) in [6.45, 7) is 1.84. The van der Waals surface area contributed by atoms with E-state index in [-0.39, 0.29) is 16.8 Å². The second-order valence-corrected chi connectivity index (χ2v) is 7.78. The Balaban J connectivity index is 1.75. The summed E-state index contributed by atoms with van der Waals surface area (Å²) in [4.78, 5) is 25.6. The zero-order valence-electron chi connectivity index (χ0n) is 16.5. The summed E-state index contributed by atoms with van der Waals surface area (Å²) in [5.74, 6) is 1.14. The number of methoxy groups -OCH3 is 2. The van der Waals surface area contributed by atoms with Crippen molar-refractivity contribution in [3.63, 3.8) is 0 Å². The van der Waals surface area contributed by atoms with Gasteiger partial charge in [-0.25, -0.2) is 4.79 Å². The molecule has 7 nitrogen and oxygen atoms in total. The first kappa shape index (κ1) is 19.9. The van der Waals surface area contributed by atoms with Gasteiger partial charge in [-0.3, -0.25) is 13.9 Å². The van der Waals surface area contributed by atoms with Gasteiger partial charge >= 0.3 is 5.69 Å². The number of fused-ring (bicyclic) bond motifs is 1. The average Bonchev–Trinajstić information content (AvgIpc) is 2.91. The van der Waals surface area contributed by atoms with Gasteiger partial charge in [-0.15, -0.1) is 11.8 Å². The van der Waals surface area contributed by atoms with E-state index >= 15 is 0 Å². The van der Waals surface area contributed by atoms with Crippen LogP contribution in [0.15, 0.2) is 46.1 Å². The largest absolute Gasteiger partial charge is 0.493 e. The fraction of sp³-hybridized carbons (Fsp3) is 0.300. The maximum atomic E-state index is 12.6. The van der Waals surface area contributed by atoms with Gasteiger partial charge in [0, 0.05) is 24.7 Å². The van der Waals surface area contributed by atoms with E-state index in [0.717, 1.165) is 15.9 Å². The van der Waals surface area contributed by atoms with Gasteiger partial charge in [0.2, 0.25) is 5.91 Å². The van der Waals surface area contributed by atoms with Crippen LogP contribution in [0.3, 0.4) is 0 Å². The van der Waals surface area contributed by atoms with Crippen LogP contribution in [-0.2, 0) is 18.9 Å². The lowest BCUT2D eigenvalue weighted by Crippen LogP contribution is -2.22. The monoisotopic (exact) mass is 401 g/mol. The number of rotatable bonds is 6. The lowest BCUT2D eigenvalue weighted by Gasteiger charge is -2.14. The van der Waals surface area contributed by atoms with Crippen molar-refractivity contribution in [1.29, 1.82) is 0 Å². The van der Waals surface area contributed by atoms with E-state index in [1.807, 2.05) is 37.3 Å². The van der Waals surface area contributed by atoms with Gasteiger partial charge in [-0.1, -0.05) is 0 Å². The van der Waals surface area contributed by atoms with Crippen LogP contribution in [0.2, 0.25) is 0 Å². The van der Waals surface area contributed by atoms with Crippen LogP contribution in [0.25, 0.3) is 11.0 Å². The Hall–Kier alpha value is -2.87. The van der Waals surface area contributed by atoms with Gasteiger partial charge in [0.1, 0.15) is 0 Å². The first-order chi connectivity index (χ1) is 13.3. The maximum Gasteiger partial charge on any atom is 0.328 e. The lowest BCUT2D eigenvalue weighted by molar-refractivity contribution is -0.115. The molecule has 8 heteroatoms. The number of benzene rings is 2. The number of aryl methyl sites for hydroxylation is 2. The zero-order valence-corrected chi connectivity index (χ0v) is 17.3. The molecular formula is C20H23N3O4S. The van der Waals surface area contributed by atoms with Gasteiger partial charge in [0.15, 0.2) is 11.5 Å². The van der Waals surface area contributed by atoms with Crippen molar-refractivity contribution in [3.05, 3.63) is 46.9 Å². The molecule has 0 aliphatic carbocycles. The number of nitrogens with zero attached hydrogens (tertiary/aromatic N) is 2. The third-order valence-electron chi connectivity index (χ3n) is 4.58. The first-order valence-electron chi connectivity index (χ1n) is 8.70. The molecule has 148 valence electrons. The van der Waals surface area contributed by atoms with Crippen molar-refractivity contribution < 1.29 is 14.3 Å². The normalized spacial score (nSPS) is 12.0. The Morgan fingerprint density at radius 3 is 2.36 bits per heavy atom. The number of carbonyl (C=O) groups excluding carboxylic acids is 1. The number of aromatic nitrogens is 2. The van der Waals surface area contributed by atoms with Gasteiger partial charge in [-0.05, 0) is 43.3 Å². The van der Waals surface area contributed by atoms with Crippen molar-refractivity contribution in [3.8, 4) is 11.5 Å². The van der Waals surface area contributed by atoms with Crippen molar-refractivity contribution in [2.24, 2.45) is 14.1 Å². The molecule has 3 aromatic rings. The quantitative estimate of drug-likeness (QED) is 0.643. The number of carbonyl (C=O) groups is 1. The van der Waals surface area contributed by atoms with Crippen molar-refractivity contribution in [1.82, 2.24) is 9.13 Å². The molecule has 1 N–H and O–H groups in total. The molecule has 1 amide bonds. The number of imidazole rings is 1. The molecule has 0 unspecified atom stereocenters. The molecule has 0 radical (unpaired) electrons. The SMILES string of the molecule is COc1ccc(S[C@H](C)C(=O)Nc2ccc3c(c2)n(C)c(=O)n3C)cc1OC. The second kappa shape index (κ2) is 8.02. The van der Waals surface area contributed by atoms with Crippen LogP contribution in [0.1, 0.15) is 6.92 Å². The van der Waals surface area contributed by atoms with Crippen LogP contribution in [0.5, 0.6) is 11.5 Å². The van der Waals surface area contributed by atoms with Crippen LogP contribution in [-0.4, -0.2) is 34.5 Å². The molecule has 0 saturated carbocycles. The molecule has 28 heavy (non-hydrogen) atoms. The molecule has 1 aromatic heterocycles. The second-order valence-electron chi connectivity index (χ2n) is 6.37. The van der Waals surface area contributed by atoms with Crippen LogP contribution in [0, 0.1) is 0 Å². The number of nitrogens with one attached hydrogen (secondary N) is 1. The molecular weight excluding hydrogens is 378 g/mol. The topological polar surface area (TPSA) is 74.5 Å². The van der Waals surface area contributed by atoms with Gasteiger partial charge in [0.05, 0.1) is 30.5 Å². The van der Waals surface area contributed by atoms with Crippen LogP contribution >= 0.6 is 11.8 Å². The Labute approximate surface area is 167 Å². The molecule has 1 atom stereocenters. The van der Waals surface area contributed by atoms with Crippen molar-refractivity contribution in [2.75, 3.05) is 19.5 Å². The highest BCUT2D eigenvalue weighted by atomic mass is 32.2. The predicted octanol–water partition coefficient (Wildman–Crippen LogP) is 3.01. The molecule has 0 fully saturated rings. The van der Waals surface area contributed by atoms with Gasteiger partial charge in [-0.2, -0.15) is 0 Å². The molecule has 2 aromatic carbocycles. The molecule has 1 heterocycles. The van der Waals surface area contributed by atoms with E-state index in [9.17, 15) is 9.59 Å². The summed E-state index contributed by atoms with van der Waals surface area (Å²) in [5, 5.41) is 2.60. The molecule has 0 spiro atoms. The summed E-state index contributed by atoms with van der Waals surface area (Å²) < 4.78 is 13.7. The van der Waals surface area contributed by atoms with E-state index in [1.165, 1.54) is 11.8 Å². The van der Waals surface area contributed by atoms with Crippen molar-refractivity contribution in [2.45, 2.75) is 17.1 Å². The standard InChI is InChI=1S/C20H23N3O4S/c1-12(28-14-7-9-17(26-4)18(11-14)27-5)19(24)21-13-6-8-15-16(10-13)23(3)20(25)22(15)2/h6-12H,1-5H3,(H,21,24)/t12-/m1/s1. The predicted molar refractivity (Wildman–Crippen MR) is 112 cm³/mol. The molecule has 0 aliphatic rings. The molecule has 0 aliphatic heterocycles. The van der Waals surface area contributed by atoms with Crippen molar-refractivity contribution >= 4 is 34.4 Å². The molecule has 3 rings (SSSR count). The summed E-state index contributed by atoms with van der Waals surface area (Å²) in [6, 6.07) is 11.0. The van der Waals surface area contributed by atoms with E-state index in [1.54, 1.807) is 43.5 Å². The number of thioether (sulfide) groups is 1. The highest BCUT2D eigenvalue weighted by Crippen LogP contribution is 2.33. The van der Waals surface area contributed by atoms with E-state index < -0.39 is 0 Å². The van der Waals surface area contributed by atoms with E-state index in [4.69, 9.17) is 9.47 Å². The lowest BCUT2D eigenvalue weighted by atomic mass is 10.2. The highest BCUT2D eigenvalue weighted by molar-refractivity contribution is 8.00.